The average Bonchev–Trinajstić information content (AvgIpc) is 2.73. The van der Waals surface area contributed by atoms with Crippen molar-refractivity contribution in [2.24, 2.45) is 0 Å². The lowest BCUT2D eigenvalue weighted by Gasteiger charge is -2.06. The number of halogens is 2. The summed E-state index contributed by atoms with van der Waals surface area (Å²) in [6, 6.07) is 8.24. The molecule has 18 heavy (non-hydrogen) atoms. The van der Waals surface area contributed by atoms with Gasteiger partial charge in [0.2, 0.25) is 10.0 Å². The minimum absolute atomic E-state index is 0.0993. The average molecular weight is 367 g/mol. The maximum atomic E-state index is 12.0. The van der Waals surface area contributed by atoms with E-state index in [1.54, 1.807) is 18.2 Å². The molecule has 0 aliphatic rings. The number of hydrogen-bond acceptors (Lipinski definition) is 3. The number of sulfonamides is 1. The van der Waals surface area contributed by atoms with Crippen LogP contribution in [0.1, 0.15) is 4.88 Å². The minimum Gasteiger partial charge on any atom is -0.207 e. The normalized spacial score (nSPS) is 11.7. The summed E-state index contributed by atoms with van der Waals surface area (Å²) < 4.78 is 27.5. The van der Waals surface area contributed by atoms with Gasteiger partial charge in [-0.2, -0.15) is 0 Å². The fourth-order valence-electron chi connectivity index (χ4n) is 1.35. The van der Waals surface area contributed by atoms with Crippen LogP contribution in [0.25, 0.3) is 0 Å². The first-order valence-corrected chi connectivity index (χ1v) is 8.49. The first-order valence-electron chi connectivity index (χ1n) is 4.96. The Balaban J connectivity index is 2.16. The van der Waals surface area contributed by atoms with E-state index in [4.69, 9.17) is 11.6 Å². The number of benzene rings is 1. The molecule has 2 rings (SSSR count). The lowest BCUT2D eigenvalue weighted by atomic mass is 10.4. The molecule has 1 heterocycles. The van der Waals surface area contributed by atoms with Gasteiger partial charge < -0.3 is 0 Å². The predicted molar refractivity (Wildman–Crippen MR) is 77.5 cm³/mol. The Morgan fingerprint density at radius 2 is 2.06 bits per heavy atom. The standard InChI is InChI=1S/C11H9BrClNO2S2/c12-8-5-9(17-7-8)6-14-18(15,16)11-4-2-1-3-10(11)13/h1-5,7,14H,6H2. The molecule has 0 aliphatic heterocycles. The van der Waals surface area contributed by atoms with Gasteiger partial charge in [-0.25, -0.2) is 13.1 Å². The molecule has 0 saturated carbocycles. The van der Waals surface area contributed by atoms with Crippen LogP contribution in [0.2, 0.25) is 5.02 Å². The number of hydrogen-bond donors (Lipinski definition) is 1. The van der Waals surface area contributed by atoms with Gasteiger partial charge in [0, 0.05) is 21.3 Å². The van der Waals surface area contributed by atoms with E-state index in [9.17, 15) is 8.42 Å². The lowest BCUT2D eigenvalue weighted by Crippen LogP contribution is -2.23. The highest BCUT2D eigenvalue weighted by atomic mass is 79.9. The van der Waals surface area contributed by atoms with Gasteiger partial charge in [-0.15, -0.1) is 11.3 Å². The third kappa shape index (κ3) is 3.33. The third-order valence-corrected chi connectivity index (χ3v) is 5.78. The Kier molecular flexibility index (Phi) is 4.45. The third-order valence-electron chi connectivity index (χ3n) is 2.18. The molecule has 0 fully saturated rings. The molecule has 0 saturated heterocycles. The Bertz CT molecular complexity index is 655. The Labute approximate surface area is 123 Å². The van der Waals surface area contributed by atoms with Crippen LogP contribution in [0.4, 0.5) is 0 Å². The molecule has 96 valence electrons. The van der Waals surface area contributed by atoms with Crippen molar-refractivity contribution >= 4 is 48.9 Å². The molecule has 1 aromatic heterocycles. The lowest BCUT2D eigenvalue weighted by molar-refractivity contribution is 0.582. The summed E-state index contributed by atoms with van der Waals surface area (Å²) in [6.45, 7) is 0.254. The zero-order chi connectivity index (χ0) is 13.2. The van der Waals surface area contributed by atoms with Crippen LogP contribution >= 0.6 is 38.9 Å². The minimum atomic E-state index is -3.57. The highest BCUT2D eigenvalue weighted by Crippen LogP contribution is 2.22. The van der Waals surface area contributed by atoms with Crippen LogP contribution in [0, 0.1) is 0 Å². The van der Waals surface area contributed by atoms with Gasteiger partial charge in [0.05, 0.1) is 5.02 Å². The second kappa shape index (κ2) is 5.71. The smallest absolute Gasteiger partial charge is 0.207 e. The molecule has 1 aromatic carbocycles. The second-order valence-corrected chi connectivity index (χ2v) is 7.54. The quantitative estimate of drug-likeness (QED) is 0.898. The summed E-state index contributed by atoms with van der Waals surface area (Å²) in [5.74, 6) is 0. The van der Waals surface area contributed by atoms with Crippen molar-refractivity contribution in [3.8, 4) is 0 Å². The zero-order valence-electron chi connectivity index (χ0n) is 9.06. The van der Waals surface area contributed by atoms with Crippen molar-refractivity contribution in [1.82, 2.24) is 4.72 Å². The van der Waals surface area contributed by atoms with Crippen molar-refractivity contribution in [3.05, 3.63) is 50.1 Å². The van der Waals surface area contributed by atoms with Crippen LogP contribution in [-0.2, 0) is 16.6 Å². The Morgan fingerprint density at radius 1 is 1.33 bits per heavy atom. The molecule has 3 nitrogen and oxygen atoms in total. The molecule has 7 heteroatoms. The molecule has 0 aliphatic carbocycles. The van der Waals surface area contributed by atoms with Crippen LogP contribution < -0.4 is 4.72 Å². The number of nitrogens with one attached hydrogen (secondary N) is 1. The first kappa shape index (κ1) is 14.0. The van der Waals surface area contributed by atoms with Crippen molar-refractivity contribution < 1.29 is 8.42 Å². The topological polar surface area (TPSA) is 46.2 Å². The monoisotopic (exact) mass is 365 g/mol. The molecular weight excluding hydrogens is 358 g/mol. The van der Waals surface area contributed by atoms with Crippen LogP contribution in [0.15, 0.2) is 45.1 Å². The maximum absolute atomic E-state index is 12.0. The van der Waals surface area contributed by atoms with Crippen molar-refractivity contribution in [2.75, 3.05) is 0 Å². The highest BCUT2D eigenvalue weighted by Gasteiger charge is 2.17. The van der Waals surface area contributed by atoms with E-state index in [1.807, 2.05) is 11.4 Å². The predicted octanol–water partition coefficient (Wildman–Crippen LogP) is 3.64. The number of rotatable bonds is 4. The number of thiophene rings is 1. The fourth-order valence-corrected chi connectivity index (χ4v) is 4.36. The molecule has 0 atom stereocenters. The van der Waals surface area contributed by atoms with E-state index in [0.717, 1.165) is 9.35 Å². The molecule has 0 radical (unpaired) electrons. The fraction of sp³-hybridized carbons (Fsp3) is 0.0909. The molecule has 0 unspecified atom stereocenters. The molecule has 0 spiro atoms. The molecule has 1 N–H and O–H groups in total. The van der Waals surface area contributed by atoms with E-state index in [2.05, 4.69) is 20.7 Å². The van der Waals surface area contributed by atoms with Gasteiger partial charge in [0.25, 0.3) is 0 Å². The Hall–Kier alpha value is -0.400. The molecule has 0 bridgehead atoms. The molecule has 2 aromatic rings. The van der Waals surface area contributed by atoms with Gasteiger partial charge in [0.1, 0.15) is 4.90 Å². The summed E-state index contributed by atoms with van der Waals surface area (Å²) in [5, 5.41) is 2.12. The van der Waals surface area contributed by atoms with Gasteiger partial charge in [-0.05, 0) is 34.1 Å². The van der Waals surface area contributed by atoms with Crippen molar-refractivity contribution in [2.45, 2.75) is 11.4 Å². The van der Waals surface area contributed by atoms with E-state index < -0.39 is 10.0 Å². The van der Waals surface area contributed by atoms with Gasteiger partial charge in [0.15, 0.2) is 0 Å². The second-order valence-electron chi connectivity index (χ2n) is 3.49. The molecule has 0 amide bonds. The van der Waals surface area contributed by atoms with Gasteiger partial charge in [-0.1, -0.05) is 23.7 Å². The van der Waals surface area contributed by atoms with E-state index in [-0.39, 0.29) is 16.5 Å². The van der Waals surface area contributed by atoms with E-state index in [0.29, 0.717) is 0 Å². The summed E-state index contributed by atoms with van der Waals surface area (Å²) in [6.07, 6.45) is 0. The Morgan fingerprint density at radius 3 is 2.67 bits per heavy atom. The largest absolute Gasteiger partial charge is 0.242 e. The SMILES string of the molecule is O=S(=O)(NCc1cc(Br)cs1)c1ccccc1Cl. The summed E-state index contributed by atoms with van der Waals surface area (Å²) in [7, 11) is -3.57. The van der Waals surface area contributed by atoms with Crippen LogP contribution in [-0.4, -0.2) is 8.42 Å². The summed E-state index contributed by atoms with van der Waals surface area (Å²) in [5.41, 5.74) is 0. The maximum Gasteiger partial charge on any atom is 0.242 e. The highest BCUT2D eigenvalue weighted by molar-refractivity contribution is 9.10. The first-order chi connectivity index (χ1) is 8.49. The van der Waals surface area contributed by atoms with Crippen LogP contribution in [0.5, 0.6) is 0 Å². The van der Waals surface area contributed by atoms with E-state index in [1.165, 1.54) is 17.4 Å². The van der Waals surface area contributed by atoms with Gasteiger partial charge in [-0.3, -0.25) is 0 Å². The van der Waals surface area contributed by atoms with Crippen molar-refractivity contribution in [3.63, 3.8) is 0 Å². The van der Waals surface area contributed by atoms with Gasteiger partial charge >= 0.3 is 0 Å². The zero-order valence-corrected chi connectivity index (χ0v) is 13.0. The molecular formula is C11H9BrClNO2S2. The van der Waals surface area contributed by atoms with Crippen molar-refractivity contribution in [1.29, 1.82) is 0 Å². The summed E-state index contributed by atoms with van der Waals surface area (Å²) in [4.78, 5) is 1.03. The van der Waals surface area contributed by atoms with Crippen LogP contribution in [0.3, 0.4) is 0 Å². The summed E-state index contributed by atoms with van der Waals surface area (Å²) >= 11 is 10.7. The van der Waals surface area contributed by atoms with E-state index >= 15 is 0 Å².